The van der Waals surface area contributed by atoms with Crippen LogP contribution in [0.1, 0.15) is 31.3 Å². The third kappa shape index (κ3) is 5.13. The summed E-state index contributed by atoms with van der Waals surface area (Å²) in [6.07, 6.45) is -1.19. The van der Waals surface area contributed by atoms with Crippen LogP contribution in [0.3, 0.4) is 0 Å². The number of ether oxygens (including phenoxy) is 2. The summed E-state index contributed by atoms with van der Waals surface area (Å²) in [5.74, 6) is 0.903. The van der Waals surface area contributed by atoms with E-state index in [1.54, 1.807) is 0 Å². The molecule has 3 aromatic rings. The maximum Gasteiger partial charge on any atom is 0.359 e. The van der Waals surface area contributed by atoms with Crippen LogP contribution in [-0.4, -0.2) is 109 Å². The number of aromatic nitrogens is 8. The van der Waals surface area contributed by atoms with Gasteiger partial charge in [-0.1, -0.05) is 11.6 Å². The summed E-state index contributed by atoms with van der Waals surface area (Å²) >= 11 is 6.14. The zero-order valence-electron chi connectivity index (χ0n) is 19.8. The molecule has 5 atom stereocenters. The molecule has 0 spiro atoms. The Morgan fingerprint density at radius 3 is 2.71 bits per heavy atom. The van der Waals surface area contributed by atoms with Crippen LogP contribution in [0.25, 0.3) is 11.0 Å². The Labute approximate surface area is 219 Å². The number of hydrogen-bond acceptors (Lipinski definition) is 13. The molecule has 0 unspecified atom stereocenters. The predicted molar refractivity (Wildman–Crippen MR) is 128 cm³/mol. The van der Waals surface area contributed by atoms with Crippen molar-refractivity contribution in [3.63, 3.8) is 0 Å². The number of aromatic amines is 1. The molecule has 1 aliphatic carbocycles. The number of tetrazole rings is 1. The van der Waals surface area contributed by atoms with E-state index in [1.165, 1.54) is 17.3 Å². The van der Waals surface area contributed by atoms with E-state index in [4.69, 9.17) is 21.1 Å². The predicted octanol–water partition coefficient (Wildman–Crippen LogP) is -1.05. The van der Waals surface area contributed by atoms with E-state index in [1.807, 2.05) is 0 Å². The lowest BCUT2D eigenvalue weighted by molar-refractivity contribution is -0.109. The smallest absolute Gasteiger partial charge is 0.359 e. The Morgan fingerprint density at radius 1 is 1.29 bits per heavy atom. The summed E-state index contributed by atoms with van der Waals surface area (Å²) in [7, 11) is -5.11. The van der Waals surface area contributed by atoms with Gasteiger partial charge in [0, 0.05) is 6.54 Å². The van der Waals surface area contributed by atoms with Crippen molar-refractivity contribution >= 4 is 36.0 Å². The van der Waals surface area contributed by atoms with Gasteiger partial charge in [-0.05, 0) is 30.4 Å². The first-order valence-corrected chi connectivity index (χ1v) is 13.8. The summed E-state index contributed by atoms with van der Waals surface area (Å²) in [6.45, 7) is -0.998. The molecular weight excluding hydrogens is 549 g/mol. The van der Waals surface area contributed by atoms with Crippen LogP contribution in [-0.2, 0) is 20.5 Å². The first kappa shape index (κ1) is 27.2. The fourth-order valence-electron chi connectivity index (χ4n) is 4.40. The number of nitrogens with zero attached hydrogens (tertiary/aromatic N) is 7. The Bertz CT molecular complexity index is 1300. The van der Waals surface area contributed by atoms with Crippen LogP contribution in [0.15, 0.2) is 6.20 Å². The van der Waals surface area contributed by atoms with Crippen LogP contribution in [0.2, 0.25) is 5.28 Å². The molecule has 2 fully saturated rings. The van der Waals surface area contributed by atoms with Gasteiger partial charge in [-0.15, -0.1) is 10.2 Å². The quantitative estimate of drug-likeness (QED) is 0.106. The minimum atomic E-state index is -5.11. The molecule has 2 aliphatic rings. The van der Waals surface area contributed by atoms with Crippen molar-refractivity contribution in [2.75, 3.05) is 25.1 Å². The molecule has 3 aromatic heterocycles. The molecular formula is C19H27ClN9O8P. The molecule has 1 saturated carbocycles. The summed E-state index contributed by atoms with van der Waals surface area (Å²) in [5.41, 5.74) is 0.246. The average molecular weight is 576 g/mol. The number of halogens is 1. The van der Waals surface area contributed by atoms with E-state index < -0.39 is 57.1 Å². The van der Waals surface area contributed by atoms with Gasteiger partial charge in [0.2, 0.25) is 5.28 Å². The van der Waals surface area contributed by atoms with Gasteiger partial charge in [0.05, 0.1) is 31.2 Å². The Balaban J connectivity index is 1.34. The zero-order chi connectivity index (χ0) is 27.1. The Morgan fingerprint density at radius 2 is 2.08 bits per heavy atom. The average Bonchev–Trinajstić information content (AvgIpc) is 3.56. The number of aliphatic hydroxyl groups is 3. The molecule has 4 heterocycles. The largest absolute Gasteiger partial charge is 0.393 e. The number of H-pyrrole nitrogens is 1. The third-order valence-corrected chi connectivity index (χ3v) is 8.56. The van der Waals surface area contributed by atoms with Gasteiger partial charge in [0.25, 0.3) is 0 Å². The second-order valence-electron chi connectivity index (χ2n) is 9.36. The molecule has 7 N–H and O–H groups in total. The Hall–Kier alpha value is -2.34. The highest BCUT2D eigenvalue weighted by atomic mass is 35.5. The fourth-order valence-corrected chi connectivity index (χ4v) is 5.34. The van der Waals surface area contributed by atoms with Crippen LogP contribution in [0.5, 0.6) is 0 Å². The number of fused-ring (bicyclic) bond motifs is 1. The standard InChI is InChI=1S/C19H27ClN9O8P/c20-18-23-15(21-5-9-2-1-3-9)10-6-22-29(16(10)24-18)17-14(32)13(31)11(37-17)7-36-19(8-30,38(33,34)35)4-12-25-27-28-26-12/h6,9,11,13-14,17,30-32H,1-5,7-8H2,(H,21,23,24)(H2,33,34,35)(H,25,26,27,28)/t11-,13-,14-,17-,19-/m1/s1. The molecule has 0 amide bonds. The molecule has 0 bridgehead atoms. The highest BCUT2D eigenvalue weighted by Gasteiger charge is 2.52. The second kappa shape index (κ2) is 10.7. The Kier molecular flexibility index (Phi) is 7.65. The number of anilines is 1. The van der Waals surface area contributed by atoms with Gasteiger partial charge in [0.15, 0.2) is 23.0 Å². The van der Waals surface area contributed by atoms with Crippen LogP contribution in [0.4, 0.5) is 5.82 Å². The van der Waals surface area contributed by atoms with E-state index in [2.05, 4.69) is 41.0 Å². The minimum absolute atomic E-state index is 0.0564. The zero-order valence-corrected chi connectivity index (χ0v) is 21.5. The second-order valence-corrected chi connectivity index (χ2v) is 11.6. The van der Waals surface area contributed by atoms with Crippen molar-refractivity contribution < 1.29 is 39.1 Å². The lowest BCUT2D eigenvalue weighted by Gasteiger charge is -2.32. The van der Waals surface area contributed by atoms with Crippen LogP contribution >= 0.6 is 19.2 Å². The van der Waals surface area contributed by atoms with Gasteiger partial charge in [-0.25, -0.2) is 4.68 Å². The first-order chi connectivity index (χ1) is 18.1. The van der Waals surface area contributed by atoms with Gasteiger partial charge in [0.1, 0.15) is 24.1 Å². The molecule has 19 heteroatoms. The van der Waals surface area contributed by atoms with Gasteiger partial charge in [-0.3, -0.25) is 4.57 Å². The van der Waals surface area contributed by atoms with Crippen LogP contribution < -0.4 is 5.32 Å². The van der Waals surface area contributed by atoms with E-state index in [9.17, 15) is 29.7 Å². The van der Waals surface area contributed by atoms with Gasteiger partial charge < -0.3 is 39.9 Å². The van der Waals surface area contributed by atoms with E-state index >= 15 is 0 Å². The number of nitrogens with one attached hydrogen (secondary N) is 2. The van der Waals surface area contributed by atoms with E-state index in [-0.39, 0.29) is 16.8 Å². The fraction of sp³-hybridized carbons (Fsp3) is 0.684. The van der Waals surface area contributed by atoms with E-state index in [0.717, 1.165) is 12.8 Å². The third-order valence-electron chi connectivity index (χ3n) is 6.91. The number of rotatable bonds is 11. The summed E-state index contributed by atoms with van der Waals surface area (Å²) < 4.78 is 24.8. The van der Waals surface area contributed by atoms with Crippen molar-refractivity contribution in [3.8, 4) is 0 Å². The topological polar surface area (TPSA) is 247 Å². The number of aliphatic hydroxyl groups excluding tert-OH is 3. The van der Waals surface area contributed by atoms with Gasteiger partial charge >= 0.3 is 7.60 Å². The monoisotopic (exact) mass is 575 g/mol. The summed E-state index contributed by atoms with van der Waals surface area (Å²) in [5, 5.41) is 49.6. The molecule has 0 radical (unpaired) electrons. The molecule has 1 aliphatic heterocycles. The number of hydrogen-bond donors (Lipinski definition) is 7. The lowest BCUT2D eigenvalue weighted by atomic mass is 9.85. The molecule has 38 heavy (non-hydrogen) atoms. The van der Waals surface area contributed by atoms with Crippen molar-refractivity contribution in [1.82, 2.24) is 40.4 Å². The van der Waals surface area contributed by atoms with Gasteiger partial charge in [-0.2, -0.15) is 20.3 Å². The molecule has 1 saturated heterocycles. The highest BCUT2D eigenvalue weighted by molar-refractivity contribution is 7.53. The SMILES string of the molecule is O=P(O)(O)[C@@](CO)(Cc1nn[nH]n1)OC[C@H]1O[C@@H](n2ncc3c(NCC4CCC4)nc(Cl)nc32)[C@H](O)[C@@H]1O. The normalized spacial score (nSPS) is 25.9. The van der Waals surface area contributed by atoms with Crippen molar-refractivity contribution in [3.05, 3.63) is 17.3 Å². The maximum atomic E-state index is 12.3. The van der Waals surface area contributed by atoms with Crippen molar-refractivity contribution in [1.29, 1.82) is 0 Å². The van der Waals surface area contributed by atoms with Crippen molar-refractivity contribution in [2.45, 2.75) is 55.6 Å². The molecule has 17 nitrogen and oxygen atoms in total. The van der Waals surface area contributed by atoms with Crippen molar-refractivity contribution in [2.24, 2.45) is 5.92 Å². The summed E-state index contributed by atoms with van der Waals surface area (Å²) in [4.78, 5) is 28.3. The highest BCUT2D eigenvalue weighted by Crippen LogP contribution is 2.53. The summed E-state index contributed by atoms with van der Waals surface area (Å²) in [6, 6.07) is 0. The van der Waals surface area contributed by atoms with Crippen LogP contribution in [0, 0.1) is 5.92 Å². The lowest BCUT2D eigenvalue weighted by Crippen LogP contribution is -2.43. The molecule has 0 aromatic carbocycles. The molecule has 208 valence electrons. The van der Waals surface area contributed by atoms with E-state index in [0.29, 0.717) is 23.7 Å². The molecule has 5 rings (SSSR count). The first-order valence-electron chi connectivity index (χ1n) is 11.8. The maximum absolute atomic E-state index is 12.3. The minimum Gasteiger partial charge on any atom is -0.393 e.